The highest BCUT2D eigenvalue weighted by Gasteiger charge is 2.35. The first-order chi connectivity index (χ1) is 14.3. The third-order valence-electron chi connectivity index (χ3n) is 5.60. The van der Waals surface area contributed by atoms with Gasteiger partial charge in [0.2, 0.25) is 0 Å². The van der Waals surface area contributed by atoms with Crippen molar-refractivity contribution in [2.24, 2.45) is 0 Å². The molecule has 1 aliphatic rings. The minimum atomic E-state index is -4.62. The van der Waals surface area contributed by atoms with Crippen LogP contribution in [0.3, 0.4) is 0 Å². The van der Waals surface area contributed by atoms with Gasteiger partial charge in [-0.15, -0.1) is 0 Å². The summed E-state index contributed by atoms with van der Waals surface area (Å²) in [6, 6.07) is 9.65. The van der Waals surface area contributed by atoms with Crippen molar-refractivity contribution >= 4 is 22.6 Å². The molecule has 158 valence electrons. The summed E-state index contributed by atoms with van der Waals surface area (Å²) in [5.41, 5.74) is -0.458. The molecule has 1 aromatic heterocycles. The molecule has 5 nitrogen and oxygen atoms in total. The summed E-state index contributed by atoms with van der Waals surface area (Å²) in [6.45, 7) is 0.387. The smallest absolute Gasteiger partial charge is 0.388 e. The van der Waals surface area contributed by atoms with Crippen LogP contribution in [0.15, 0.2) is 48.8 Å². The number of rotatable bonds is 4. The van der Waals surface area contributed by atoms with Crippen molar-refractivity contribution in [2.75, 3.05) is 5.32 Å². The van der Waals surface area contributed by atoms with Gasteiger partial charge in [-0.1, -0.05) is 31.4 Å². The van der Waals surface area contributed by atoms with Crippen LogP contribution in [-0.2, 0) is 12.7 Å². The van der Waals surface area contributed by atoms with Crippen molar-refractivity contribution in [2.45, 2.75) is 50.4 Å². The van der Waals surface area contributed by atoms with Crippen molar-refractivity contribution < 1.29 is 23.1 Å². The number of alkyl halides is 3. The van der Waals surface area contributed by atoms with Crippen molar-refractivity contribution in [3.8, 4) is 0 Å². The molecule has 1 saturated carbocycles. The molecule has 8 heteroatoms. The first kappa shape index (κ1) is 20.4. The number of carbonyl (C=O) groups excluding carboxylic acids is 1. The van der Waals surface area contributed by atoms with Gasteiger partial charge in [-0.3, -0.25) is 4.79 Å². The molecular weight excluding hydrogens is 395 g/mol. The number of anilines is 1. The topological polar surface area (TPSA) is 67.2 Å². The number of imidazole rings is 1. The Kier molecular flexibility index (Phi) is 5.27. The van der Waals surface area contributed by atoms with E-state index < -0.39 is 28.8 Å². The number of nitrogens with one attached hydrogen (secondary N) is 1. The number of aromatic nitrogens is 2. The van der Waals surface area contributed by atoms with Gasteiger partial charge in [0.25, 0.3) is 5.91 Å². The van der Waals surface area contributed by atoms with Gasteiger partial charge in [0.1, 0.15) is 0 Å². The fraction of sp³-hybridized carbons (Fsp3) is 0.364. The zero-order valence-electron chi connectivity index (χ0n) is 16.2. The molecule has 3 aromatic rings. The van der Waals surface area contributed by atoms with Crippen LogP contribution in [-0.4, -0.2) is 26.2 Å². The maximum Gasteiger partial charge on any atom is 0.417 e. The number of fused-ring (bicyclic) bond motifs is 1. The van der Waals surface area contributed by atoms with Gasteiger partial charge in [-0.2, -0.15) is 13.2 Å². The van der Waals surface area contributed by atoms with Crippen LogP contribution >= 0.6 is 0 Å². The summed E-state index contributed by atoms with van der Waals surface area (Å²) < 4.78 is 41.5. The number of halogens is 3. The standard InChI is InChI=1S/C22H22F3N3O2/c23-22(24,25)17-7-3-2-6-16(17)20(29)27-15-8-9-18-19(12-15)28(14-26-18)13-21(30)10-4-1-5-11-21/h2-3,6-9,12,14,30H,1,4-5,10-11,13H2,(H,27,29). The average molecular weight is 417 g/mol. The normalized spacial score (nSPS) is 16.5. The lowest BCUT2D eigenvalue weighted by atomic mass is 9.85. The summed E-state index contributed by atoms with van der Waals surface area (Å²) in [5.74, 6) is -0.834. The van der Waals surface area contributed by atoms with Gasteiger partial charge in [-0.25, -0.2) is 4.98 Å². The summed E-state index contributed by atoms with van der Waals surface area (Å²) in [7, 11) is 0. The monoisotopic (exact) mass is 417 g/mol. The number of amides is 1. The molecule has 0 radical (unpaired) electrons. The molecule has 0 aliphatic heterocycles. The van der Waals surface area contributed by atoms with Crippen LogP contribution in [0.5, 0.6) is 0 Å². The average Bonchev–Trinajstić information content (AvgIpc) is 3.09. The molecule has 0 spiro atoms. The number of aliphatic hydroxyl groups is 1. The van der Waals surface area contributed by atoms with E-state index in [0.29, 0.717) is 23.3 Å². The highest BCUT2D eigenvalue weighted by atomic mass is 19.4. The van der Waals surface area contributed by atoms with E-state index in [4.69, 9.17) is 0 Å². The molecule has 1 aliphatic carbocycles. The number of hydrogen-bond donors (Lipinski definition) is 2. The highest BCUT2D eigenvalue weighted by molar-refractivity contribution is 6.06. The van der Waals surface area contributed by atoms with E-state index in [1.165, 1.54) is 12.1 Å². The first-order valence-corrected chi connectivity index (χ1v) is 9.90. The van der Waals surface area contributed by atoms with Crippen molar-refractivity contribution in [3.63, 3.8) is 0 Å². The van der Waals surface area contributed by atoms with E-state index in [0.717, 1.165) is 44.2 Å². The van der Waals surface area contributed by atoms with Crippen LogP contribution in [0, 0.1) is 0 Å². The largest absolute Gasteiger partial charge is 0.417 e. The second-order valence-electron chi connectivity index (χ2n) is 7.86. The predicted octanol–water partition coefficient (Wildman–Crippen LogP) is 5.00. The molecule has 0 saturated heterocycles. The lowest BCUT2D eigenvalue weighted by molar-refractivity contribution is -0.137. The van der Waals surface area contributed by atoms with Crippen LogP contribution in [0.2, 0.25) is 0 Å². The number of hydrogen-bond acceptors (Lipinski definition) is 3. The quantitative estimate of drug-likeness (QED) is 0.628. The van der Waals surface area contributed by atoms with Gasteiger partial charge in [0, 0.05) is 5.69 Å². The van der Waals surface area contributed by atoms with Crippen molar-refractivity contribution in [1.29, 1.82) is 0 Å². The summed E-state index contributed by atoms with van der Waals surface area (Å²) in [4.78, 5) is 16.9. The molecule has 1 amide bonds. The fourth-order valence-corrected chi connectivity index (χ4v) is 4.07. The van der Waals surface area contributed by atoms with Gasteiger partial charge >= 0.3 is 6.18 Å². The molecule has 0 atom stereocenters. The second kappa shape index (κ2) is 7.75. The maximum absolute atomic E-state index is 13.2. The van der Waals surface area contributed by atoms with Gasteiger partial charge < -0.3 is 15.0 Å². The predicted molar refractivity (Wildman–Crippen MR) is 107 cm³/mol. The van der Waals surface area contributed by atoms with Crippen molar-refractivity contribution in [1.82, 2.24) is 9.55 Å². The van der Waals surface area contributed by atoms with E-state index in [9.17, 15) is 23.1 Å². The van der Waals surface area contributed by atoms with Crippen LogP contribution in [0.1, 0.15) is 48.0 Å². The highest BCUT2D eigenvalue weighted by Crippen LogP contribution is 2.33. The van der Waals surface area contributed by atoms with Crippen LogP contribution in [0.4, 0.5) is 18.9 Å². The Bertz CT molecular complexity index is 1070. The molecule has 1 heterocycles. The number of benzene rings is 2. The number of nitrogens with zero attached hydrogens (tertiary/aromatic N) is 2. The molecule has 4 rings (SSSR count). The SMILES string of the molecule is O=C(Nc1ccc2ncn(CC3(O)CCCCC3)c2c1)c1ccccc1C(F)(F)F. The molecule has 1 fully saturated rings. The van der Waals surface area contributed by atoms with E-state index in [1.807, 2.05) is 4.57 Å². The lowest BCUT2D eigenvalue weighted by Crippen LogP contribution is -2.36. The van der Waals surface area contributed by atoms with Crippen molar-refractivity contribution in [3.05, 3.63) is 59.9 Å². The van der Waals surface area contributed by atoms with Gasteiger partial charge in [-0.05, 0) is 43.2 Å². The molecular formula is C22H22F3N3O2. The molecule has 30 heavy (non-hydrogen) atoms. The van der Waals surface area contributed by atoms with E-state index in [2.05, 4.69) is 10.3 Å². The Morgan fingerprint density at radius 2 is 1.87 bits per heavy atom. The Morgan fingerprint density at radius 1 is 1.13 bits per heavy atom. The summed E-state index contributed by atoms with van der Waals surface area (Å²) in [6.07, 6.45) is 1.52. The molecule has 0 bridgehead atoms. The Morgan fingerprint density at radius 3 is 2.60 bits per heavy atom. The third kappa shape index (κ3) is 4.18. The summed E-state index contributed by atoms with van der Waals surface area (Å²) in [5, 5.41) is 13.4. The van der Waals surface area contributed by atoms with E-state index in [-0.39, 0.29) is 0 Å². The van der Waals surface area contributed by atoms with Crippen LogP contribution < -0.4 is 5.32 Å². The zero-order valence-corrected chi connectivity index (χ0v) is 16.2. The molecule has 0 unspecified atom stereocenters. The third-order valence-corrected chi connectivity index (χ3v) is 5.60. The lowest BCUT2D eigenvalue weighted by Gasteiger charge is -2.32. The minimum Gasteiger partial charge on any atom is -0.388 e. The van der Waals surface area contributed by atoms with Gasteiger partial charge in [0.15, 0.2) is 0 Å². The fourth-order valence-electron chi connectivity index (χ4n) is 4.07. The number of carbonyl (C=O) groups is 1. The second-order valence-corrected chi connectivity index (χ2v) is 7.86. The maximum atomic E-state index is 13.2. The Hall–Kier alpha value is -2.87. The molecule has 2 N–H and O–H groups in total. The zero-order chi connectivity index (χ0) is 21.4. The Labute approximate surface area is 171 Å². The van der Waals surface area contributed by atoms with E-state index in [1.54, 1.807) is 24.5 Å². The Balaban J connectivity index is 1.59. The first-order valence-electron chi connectivity index (χ1n) is 9.90. The summed E-state index contributed by atoms with van der Waals surface area (Å²) >= 11 is 0. The minimum absolute atomic E-state index is 0.363. The van der Waals surface area contributed by atoms with Gasteiger partial charge in [0.05, 0.1) is 40.6 Å². The molecule has 2 aromatic carbocycles. The van der Waals surface area contributed by atoms with Crippen LogP contribution in [0.25, 0.3) is 11.0 Å². The van der Waals surface area contributed by atoms with E-state index >= 15 is 0 Å².